The van der Waals surface area contributed by atoms with E-state index in [2.05, 4.69) is 15.2 Å². The molecule has 3 rings (SSSR count). The minimum Gasteiger partial charge on any atom is -0.441 e. The molecular weight excluding hydrogens is 228 g/mol. The van der Waals surface area contributed by atoms with E-state index in [0.717, 1.165) is 33.6 Å². The van der Waals surface area contributed by atoms with E-state index < -0.39 is 0 Å². The van der Waals surface area contributed by atoms with Gasteiger partial charge in [-0.3, -0.25) is 5.10 Å². The lowest BCUT2D eigenvalue weighted by Crippen LogP contribution is -1.98. The van der Waals surface area contributed by atoms with Crippen LogP contribution in [0.4, 0.5) is 0 Å². The fourth-order valence-corrected chi connectivity index (χ4v) is 2.21. The predicted molar refractivity (Wildman–Crippen MR) is 69.0 cm³/mol. The zero-order chi connectivity index (χ0) is 12.7. The van der Waals surface area contributed by atoms with Crippen molar-refractivity contribution in [2.75, 3.05) is 0 Å². The van der Waals surface area contributed by atoms with Crippen molar-refractivity contribution in [3.8, 4) is 11.1 Å². The van der Waals surface area contributed by atoms with Crippen molar-refractivity contribution in [3.63, 3.8) is 0 Å². The Labute approximate surface area is 104 Å². The topological polar surface area (TPSA) is 80.7 Å². The third-order valence-corrected chi connectivity index (χ3v) is 3.00. The Balaban J connectivity index is 2.21. The van der Waals surface area contributed by atoms with Crippen molar-refractivity contribution < 1.29 is 4.42 Å². The maximum Gasteiger partial charge on any atom is 0.192 e. The van der Waals surface area contributed by atoms with Crippen LogP contribution in [-0.4, -0.2) is 15.2 Å². The maximum atomic E-state index is 5.70. The lowest BCUT2D eigenvalue weighted by molar-refractivity contribution is 0.561. The molecule has 0 unspecified atom stereocenters. The summed E-state index contributed by atoms with van der Waals surface area (Å²) in [6.07, 6.45) is 0. The smallest absolute Gasteiger partial charge is 0.192 e. The van der Waals surface area contributed by atoms with Gasteiger partial charge in [0.1, 0.15) is 5.52 Å². The number of nitrogens with zero attached hydrogens (tertiary/aromatic N) is 2. The van der Waals surface area contributed by atoms with Crippen molar-refractivity contribution in [2.24, 2.45) is 5.73 Å². The highest BCUT2D eigenvalue weighted by atomic mass is 16.3. The number of aromatic amines is 1. The van der Waals surface area contributed by atoms with Crippen molar-refractivity contribution in [1.29, 1.82) is 0 Å². The molecule has 3 aromatic rings. The summed E-state index contributed by atoms with van der Waals surface area (Å²) in [5.41, 5.74) is 11.3. The minimum atomic E-state index is 0.412. The zero-order valence-corrected chi connectivity index (χ0v) is 10.3. The molecule has 0 radical (unpaired) electrons. The standard InChI is InChI=1S/C13H14N4O/c1-7-13(11(6-14)17-16-7)9-3-4-12-10(5-9)15-8(2)18-12/h3-5H,6,14H2,1-2H3,(H,16,17). The molecular formula is C13H14N4O. The van der Waals surface area contributed by atoms with E-state index in [-0.39, 0.29) is 0 Å². The number of nitrogens with one attached hydrogen (secondary N) is 1. The van der Waals surface area contributed by atoms with E-state index in [0.29, 0.717) is 12.4 Å². The van der Waals surface area contributed by atoms with Crippen LogP contribution >= 0.6 is 0 Å². The van der Waals surface area contributed by atoms with Gasteiger partial charge >= 0.3 is 0 Å². The molecule has 0 spiro atoms. The van der Waals surface area contributed by atoms with Gasteiger partial charge < -0.3 is 10.2 Å². The van der Waals surface area contributed by atoms with E-state index in [9.17, 15) is 0 Å². The number of H-pyrrole nitrogens is 1. The molecule has 2 heterocycles. The molecule has 1 aromatic carbocycles. The molecule has 0 aliphatic heterocycles. The van der Waals surface area contributed by atoms with Gasteiger partial charge in [-0.25, -0.2) is 4.98 Å². The molecule has 0 fully saturated rings. The first kappa shape index (κ1) is 11.0. The Morgan fingerprint density at radius 2 is 2.17 bits per heavy atom. The van der Waals surface area contributed by atoms with E-state index >= 15 is 0 Å². The third-order valence-electron chi connectivity index (χ3n) is 3.00. The van der Waals surface area contributed by atoms with Crippen molar-refractivity contribution in [3.05, 3.63) is 35.5 Å². The average molecular weight is 242 g/mol. The molecule has 0 aliphatic carbocycles. The molecule has 5 nitrogen and oxygen atoms in total. The molecule has 92 valence electrons. The maximum absolute atomic E-state index is 5.70. The molecule has 0 saturated heterocycles. The number of fused-ring (bicyclic) bond motifs is 1. The van der Waals surface area contributed by atoms with Crippen molar-refractivity contribution in [2.45, 2.75) is 20.4 Å². The first-order chi connectivity index (χ1) is 8.69. The number of rotatable bonds is 2. The summed E-state index contributed by atoms with van der Waals surface area (Å²) >= 11 is 0. The third kappa shape index (κ3) is 1.60. The molecule has 0 saturated carbocycles. The van der Waals surface area contributed by atoms with Gasteiger partial charge in [-0.15, -0.1) is 0 Å². The lowest BCUT2D eigenvalue weighted by atomic mass is 10.0. The first-order valence-corrected chi connectivity index (χ1v) is 5.80. The number of benzene rings is 1. The quantitative estimate of drug-likeness (QED) is 0.722. The van der Waals surface area contributed by atoms with Crippen molar-refractivity contribution >= 4 is 11.1 Å². The van der Waals surface area contributed by atoms with Gasteiger partial charge in [0.2, 0.25) is 0 Å². The summed E-state index contributed by atoms with van der Waals surface area (Å²) in [5, 5.41) is 7.17. The van der Waals surface area contributed by atoms with Crippen LogP contribution in [-0.2, 0) is 6.54 Å². The van der Waals surface area contributed by atoms with Crippen LogP contribution in [0, 0.1) is 13.8 Å². The number of hydrogen-bond donors (Lipinski definition) is 2. The highest BCUT2D eigenvalue weighted by molar-refractivity contribution is 5.81. The van der Waals surface area contributed by atoms with E-state index in [1.807, 2.05) is 32.0 Å². The van der Waals surface area contributed by atoms with Gasteiger partial charge in [-0.05, 0) is 24.6 Å². The van der Waals surface area contributed by atoms with Gasteiger partial charge in [0, 0.05) is 24.7 Å². The number of hydrogen-bond acceptors (Lipinski definition) is 4. The summed E-state index contributed by atoms with van der Waals surface area (Å²) in [4.78, 5) is 4.34. The Morgan fingerprint density at radius 1 is 1.33 bits per heavy atom. The SMILES string of the molecule is Cc1nc2cc(-c3c(CN)n[nH]c3C)ccc2o1. The van der Waals surface area contributed by atoms with Crippen LogP contribution in [0.15, 0.2) is 22.6 Å². The summed E-state index contributed by atoms with van der Waals surface area (Å²) in [6, 6.07) is 5.93. The zero-order valence-electron chi connectivity index (χ0n) is 10.3. The van der Waals surface area contributed by atoms with Gasteiger partial charge in [-0.1, -0.05) is 6.07 Å². The van der Waals surface area contributed by atoms with Crippen LogP contribution in [0.5, 0.6) is 0 Å². The van der Waals surface area contributed by atoms with Crippen LogP contribution in [0.1, 0.15) is 17.3 Å². The average Bonchev–Trinajstić information content (AvgIpc) is 2.89. The number of aromatic nitrogens is 3. The number of nitrogens with two attached hydrogens (primary N) is 1. The summed E-state index contributed by atoms with van der Waals surface area (Å²) in [5.74, 6) is 0.671. The summed E-state index contributed by atoms with van der Waals surface area (Å²) in [6.45, 7) is 4.24. The fourth-order valence-electron chi connectivity index (χ4n) is 2.21. The van der Waals surface area contributed by atoms with E-state index in [1.165, 1.54) is 0 Å². The summed E-state index contributed by atoms with van der Waals surface area (Å²) < 4.78 is 5.47. The molecule has 2 aromatic heterocycles. The van der Waals surface area contributed by atoms with Crippen LogP contribution in [0.2, 0.25) is 0 Å². The van der Waals surface area contributed by atoms with Crippen molar-refractivity contribution in [1.82, 2.24) is 15.2 Å². The Kier molecular flexibility index (Phi) is 2.41. The Morgan fingerprint density at radius 3 is 2.94 bits per heavy atom. The molecule has 0 atom stereocenters. The van der Waals surface area contributed by atoms with E-state index in [4.69, 9.17) is 10.2 Å². The highest BCUT2D eigenvalue weighted by Gasteiger charge is 2.12. The second kappa shape index (κ2) is 3.96. The number of aryl methyl sites for hydroxylation is 2. The fraction of sp³-hybridized carbons (Fsp3) is 0.231. The monoisotopic (exact) mass is 242 g/mol. The molecule has 5 heteroatoms. The molecule has 0 aliphatic rings. The van der Waals surface area contributed by atoms with Crippen LogP contribution < -0.4 is 5.73 Å². The van der Waals surface area contributed by atoms with Gasteiger partial charge in [-0.2, -0.15) is 5.10 Å². The minimum absolute atomic E-state index is 0.412. The Bertz CT molecular complexity index is 711. The largest absolute Gasteiger partial charge is 0.441 e. The molecule has 3 N–H and O–H groups in total. The van der Waals surface area contributed by atoms with E-state index in [1.54, 1.807) is 0 Å². The predicted octanol–water partition coefficient (Wildman–Crippen LogP) is 2.29. The molecule has 0 amide bonds. The molecule has 18 heavy (non-hydrogen) atoms. The Hall–Kier alpha value is -2.14. The first-order valence-electron chi connectivity index (χ1n) is 5.80. The van der Waals surface area contributed by atoms with Gasteiger partial charge in [0.25, 0.3) is 0 Å². The lowest BCUT2D eigenvalue weighted by Gasteiger charge is -2.02. The second-order valence-electron chi connectivity index (χ2n) is 4.29. The van der Waals surface area contributed by atoms with Gasteiger partial charge in [0.05, 0.1) is 5.69 Å². The van der Waals surface area contributed by atoms with Gasteiger partial charge in [0.15, 0.2) is 11.5 Å². The second-order valence-corrected chi connectivity index (χ2v) is 4.29. The van der Waals surface area contributed by atoms with Crippen LogP contribution in [0.25, 0.3) is 22.2 Å². The molecule has 0 bridgehead atoms. The normalized spacial score (nSPS) is 11.3. The van der Waals surface area contributed by atoms with Crippen LogP contribution in [0.3, 0.4) is 0 Å². The highest BCUT2D eigenvalue weighted by Crippen LogP contribution is 2.28. The number of oxazole rings is 1. The summed E-state index contributed by atoms with van der Waals surface area (Å²) in [7, 11) is 0.